The van der Waals surface area contributed by atoms with E-state index in [1.54, 1.807) is 0 Å². The molecule has 3 heteroatoms. The van der Waals surface area contributed by atoms with Gasteiger partial charge >= 0.3 is 0 Å². The molecule has 0 bridgehead atoms. The molecule has 3 rings (SSSR count). The maximum atomic E-state index is 11.8. The van der Waals surface area contributed by atoms with Crippen LogP contribution < -0.4 is 5.32 Å². The van der Waals surface area contributed by atoms with Crippen molar-refractivity contribution in [1.82, 2.24) is 5.32 Å². The molecule has 2 nitrogen and oxygen atoms in total. The third-order valence-electron chi connectivity index (χ3n) is 4.43. The first-order valence-corrected chi connectivity index (χ1v) is 8.92. The number of hydrogen-bond acceptors (Lipinski definition) is 2. The summed E-state index contributed by atoms with van der Waals surface area (Å²) in [5.74, 6) is 0.549. The summed E-state index contributed by atoms with van der Waals surface area (Å²) in [5, 5.41) is 6.72. The van der Waals surface area contributed by atoms with E-state index in [0.717, 1.165) is 32.2 Å². The molecule has 0 saturated heterocycles. The SMILES string of the molecule is CCCc1ccc2scc(CCNC(=O)C3CCC3)c2c1. The Labute approximate surface area is 130 Å². The molecule has 2 aromatic rings. The van der Waals surface area contributed by atoms with Gasteiger partial charge in [0.15, 0.2) is 0 Å². The fourth-order valence-corrected chi connectivity index (χ4v) is 3.88. The van der Waals surface area contributed by atoms with Crippen LogP contribution in [0.4, 0.5) is 0 Å². The van der Waals surface area contributed by atoms with Crippen molar-refractivity contribution in [3.8, 4) is 0 Å². The van der Waals surface area contributed by atoms with Crippen LogP contribution in [-0.2, 0) is 17.6 Å². The van der Waals surface area contributed by atoms with Crippen molar-refractivity contribution in [3.05, 3.63) is 34.7 Å². The van der Waals surface area contributed by atoms with Crippen LogP contribution in [0.25, 0.3) is 10.1 Å². The molecular formula is C18H23NOS. The third-order valence-corrected chi connectivity index (χ3v) is 5.44. The van der Waals surface area contributed by atoms with E-state index in [9.17, 15) is 4.79 Å². The molecule has 1 heterocycles. The van der Waals surface area contributed by atoms with Gasteiger partial charge < -0.3 is 5.32 Å². The summed E-state index contributed by atoms with van der Waals surface area (Å²) < 4.78 is 1.36. The first-order valence-electron chi connectivity index (χ1n) is 8.04. The monoisotopic (exact) mass is 301 g/mol. The summed E-state index contributed by atoms with van der Waals surface area (Å²) in [4.78, 5) is 11.8. The second-order valence-corrected chi connectivity index (χ2v) is 6.92. The normalized spacial score (nSPS) is 15.1. The van der Waals surface area contributed by atoms with Crippen LogP contribution in [0.15, 0.2) is 23.6 Å². The maximum Gasteiger partial charge on any atom is 0.223 e. The topological polar surface area (TPSA) is 29.1 Å². The van der Waals surface area contributed by atoms with E-state index < -0.39 is 0 Å². The van der Waals surface area contributed by atoms with Crippen molar-refractivity contribution in [3.63, 3.8) is 0 Å². The van der Waals surface area contributed by atoms with Gasteiger partial charge in [-0.1, -0.05) is 31.9 Å². The lowest BCUT2D eigenvalue weighted by Crippen LogP contribution is -2.35. The second kappa shape index (κ2) is 6.61. The highest BCUT2D eigenvalue weighted by atomic mass is 32.1. The van der Waals surface area contributed by atoms with Crippen molar-refractivity contribution >= 4 is 27.3 Å². The molecule has 1 fully saturated rings. The van der Waals surface area contributed by atoms with Crippen LogP contribution in [-0.4, -0.2) is 12.5 Å². The lowest BCUT2D eigenvalue weighted by Gasteiger charge is -2.23. The van der Waals surface area contributed by atoms with Gasteiger partial charge in [-0.05, 0) is 53.6 Å². The Balaban J connectivity index is 1.63. The van der Waals surface area contributed by atoms with Crippen molar-refractivity contribution in [2.45, 2.75) is 45.4 Å². The standard InChI is InChI=1S/C18H23NOS/c1-2-4-13-7-8-17-16(11-13)15(12-21-17)9-10-19-18(20)14-5-3-6-14/h7-8,11-12,14H,2-6,9-10H2,1H3,(H,19,20). The summed E-state index contributed by atoms with van der Waals surface area (Å²) in [6, 6.07) is 6.81. The fraction of sp³-hybridized carbons (Fsp3) is 0.500. The molecule has 1 aliphatic rings. The number of rotatable bonds is 6. The lowest BCUT2D eigenvalue weighted by atomic mass is 9.85. The van der Waals surface area contributed by atoms with E-state index in [2.05, 4.69) is 35.8 Å². The minimum Gasteiger partial charge on any atom is -0.356 e. The van der Waals surface area contributed by atoms with Crippen LogP contribution in [0, 0.1) is 5.92 Å². The molecule has 1 aromatic heterocycles. The van der Waals surface area contributed by atoms with E-state index in [4.69, 9.17) is 0 Å². The van der Waals surface area contributed by atoms with Gasteiger partial charge in [0.25, 0.3) is 0 Å². The van der Waals surface area contributed by atoms with E-state index in [1.165, 1.54) is 34.1 Å². The van der Waals surface area contributed by atoms with E-state index in [1.807, 2.05) is 11.3 Å². The molecule has 0 radical (unpaired) electrons. The van der Waals surface area contributed by atoms with Gasteiger partial charge in [0, 0.05) is 17.2 Å². The van der Waals surface area contributed by atoms with Crippen molar-refractivity contribution in [2.75, 3.05) is 6.54 Å². The summed E-state index contributed by atoms with van der Waals surface area (Å²) in [5.41, 5.74) is 2.80. The first kappa shape index (κ1) is 14.6. The van der Waals surface area contributed by atoms with Crippen LogP contribution in [0.3, 0.4) is 0 Å². The molecule has 0 unspecified atom stereocenters. The van der Waals surface area contributed by atoms with Crippen LogP contribution in [0.5, 0.6) is 0 Å². The van der Waals surface area contributed by atoms with Crippen LogP contribution in [0.2, 0.25) is 0 Å². The number of carbonyl (C=O) groups excluding carboxylic acids is 1. The third kappa shape index (κ3) is 3.29. The number of fused-ring (bicyclic) bond motifs is 1. The summed E-state index contributed by atoms with van der Waals surface area (Å²) in [6.07, 6.45) is 6.63. The summed E-state index contributed by atoms with van der Waals surface area (Å²) in [7, 11) is 0. The van der Waals surface area contributed by atoms with Crippen LogP contribution in [0.1, 0.15) is 43.7 Å². The molecule has 1 saturated carbocycles. The molecule has 0 spiro atoms. The number of thiophene rings is 1. The number of amides is 1. The lowest BCUT2D eigenvalue weighted by molar-refractivity contribution is -0.127. The van der Waals surface area contributed by atoms with Crippen molar-refractivity contribution < 1.29 is 4.79 Å². The highest BCUT2D eigenvalue weighted by Gasteiger charge is 2.24. The highest BCUT2D eigenvalue weighted by molar-refractivity contribution is 7.17. The summed E-state index contributed by atoms with van der Waals surface area (Å²) in [6.45, 7) is 2.98. The van der Waals surface area contributed by atoms with Gasteiger partial charge in [-0.2, -0.15) is 0 Å². The second-order valence-electron chi connectivity index (χ2n) is 6.01. The molecule has 0 aliphatic heterocycles. The zero-order valence-electron chi connectivity index (χ0n) is 12.7. The Bertz CT molecular complexity index is 627. The van der Waals surface area contributed by atoms with Gasteiger partial charge in [-0.15, -0.1) is 11.3 Å². The molecule has 1 aromatic carbocycles. The predicted octanol–water partition coefficient (Wildman–Crippen LogP) is 4.31. The Morgan fingerprint density at radius 2 is 2.19 bits per heavy atom. The Hall–Kier alpha value is -1.35. The molecular weight excluding hydrogens is 278 g/mol. The highest BCUT2D eigenvalue weighted by Crippen LogP contribution is 2.28. The van der Waals surface area contributed by atoms with Gasteiger partial charge in [0.05, 0.1) is 0 Å². The first-order chi connectivity index (χ1) is 10.3. The molecule has 21 heavy (non-hydrogen) atoms. The Morgan fingerprint density at radius 1 is 1.33 bits per heavy atom. The maximum absolute atomic E-state index is 11.8. The quantitative estimate of drug-likeness (QED) is 0.846. The molecule has 1 amide bonds. The molecule has 112 valence electrons. The van der Waals surface area contributed by atoms with Gasteiger partial charge in [-0.25, -0.2) is 0 Å². The zero-order chi connectivity index (χ0) is 14.7. The Morgan fingerprint density at radius 3 is 2.90 bits per heavy atom. The number of benzene rings is 1. The number of carbonyl (C=O) groups is 1. The van der Waals surface area contributed by atoms with Gasteiger partial charge in [-0.3, -0.25) is 4.79 Å². The number of aryl methyl sites for hydroxylation is 1. The summed E-state index contributed by atoms with van der Waals surface area (Å²) >= 11 is 1.81. The Kier molecular flexibility index (Phi) is 4.59. The molecule has 1 aliphatic carbocycles. The van der Waals surface area contributed by atoms with Crippen LogP contribution >= 0.6 is 11.3 Å². The van der Waals surface area contributed by atoms with Crippen molar-refractivity contribution in [2.24, 2.45) is 5.92 Å². The van der Waals surface area contributed by atoms with Crippen molar-refractivity contribution in [1.29, 1.82) is 0 Å². The van der Waals surface area contributed by atoms with Gasteiger partial charge in [0.2, 0.25) is 5.91 Å². The largest absolute Gasteiger partial charge is 0.356 e. The van der Waals surface area contributed by atoms with Gasteiger partial charge in [0.1, 0.15) is 0 Å². The predicted molar refractivity (Wildman–Crippen MR) is 89.9 cm³/mol. The van der Waals surface area contributed by atoms with E-state index in [0.29, 0.717) is 5.92 Å². The average Bonchev–Trinajstić information content (AvgIpc) is 2.80. The minimum atomic E-state index is 0.257. The average molecular weight is 301 g/mol. The molecule has 0 atom stereocenters. The number of hydrogen-bond donors (Lipinski definition) is 1. The van der Waals surface area contributed by atoms with E-state index >= 15 is 0 Å². The van der Waals surface area contributed by atoms with E-state index in [-0.39, 0.29) is 5.91 Å². The number of nitrogens with one attached hydrogen (secondary N) is 1. The zero-order valence-corrected chi connectivity index (χ0v) is 13.5. The fourth-order valence-electron chi connectivity index (χ4n) is 2.90. The minimum absolute atomic E-state index is 0.257. The molecule has 1 N–H and O–H groups in total. The smallest absolute Gasteiger partial charge is 0.223 e.